The molecule has 2 amide bonds. The van der Waals surface area contributed by atoms with E-state index < -0.39 is 5.60 Å². The lowest BCUT2D eigenvalue weighted by Crippen LogP contribution is -2.47. The van der Waals surface area contributed by atoms with Gasteiger partial charge in [-0.05, 0) is 44.9 Å². The number of amides is 2. The summed E-state index contributed by atoms with van der Waals surface area (Å²) in [5.41, 5.74) is -0.0774. The van der Waals surface area contributed by atoms with Crippen molar-refractivity contribution in [1.82, 2.24) is 10.2 Å². The maximum atomic E-state index is 13.0. The number of hydrogen-bond acceptors (Lipinski definition) is 2. The Bertz CT molecular complexity index is 444. The van der Waals surface area contributed by atoms with E-state index in [4.69, 9.17) is 0 Å². The van der Waals surface area contributed by atoms with E-state index in [1.54, 1.807) is 24.8 Å². The summed E-state index contributed by atoms with van der Waals surface area (Å²) in [7, 11) is 0. The SMILES string of the molecule is CCN(CC(C)(C)O)C(=O)NCCc1cccc(F)c1. The molecular formula is C15H23FN2O2. The number of rotatable bonds is 6. The molecular weight excluding hydrogens is 259 g/mol. The second kappa shape index (κ2) is 7.24. The molecule has 0 saturated heterocycles. The second-order valence-corrected chi connectivity index (χ2v) is 5.44. The molecule has 0 aromatic heterocycles. The summed E-state index contributed by atoms with van der Waals surface area (Å²) >= 11 is 0. The predicted molar refractivity (Wildman–Crippen MR) is 77.0 cm³/mol. The van der Waals surface area contributed by atoms with Crippen molar-refractivity contribution in [2.75, 3.05) is 19.6 Å². The van der Waals surface area contributed by atoms with Crippen molar-refractivity contribution in [2.45, 2.75) is 32.8 Å². The Balaban J connectivity index is 2.42. The Hall–Kier alpha value is -1.62. The summed E-state index contributed by atoms with van der Waals surface area (Å²) < 4.78 is 13.0. The van der Waals surface area contributed by atoms with Gasteiger partial charge in [0, 0.05) is 13.1 Å². The number of nitrogens with zero attached hydrogens (tertiary/aromatic N) is 1. The van der Waals surface area contributed by atoms with Crippen LogP contribution < -0.4 is 5.32 Å². The van der Waals surface area contributed by atoms with Crippen LogP contribution in [0.2, 0.25) is 0 Å². The van der Waals surface area contributed by atoms with Crippen LogP contribution in [0, 0.1) is 5.82 Å². The van der Waals surface area contributed by atoms with Gasteiger partial charge in [-0.15, -0.1) is 0 Å². The molecule has 0 aliphatic heterocycles. The van der Waals surface area contributed by atoms with Crippen LogP contribution in [0.5, 0.6) is 0 Å². The largest absolute Gasteiger partial charge is 0.389 e. The Morgan fingerprint density at radius 1 is 1.45 bits per heavy atom. The van der Waals surface area contributed by atoms with E-state index in [-0.39, 0.29) is 18.4 Å². The number of carbonyl (C=O) groups is 1. The molecule has 4 nitrogen and oxygen atoms in total. The fraction of sp³-hybridized carbons (Fsp3) is 0.533. The molecule has 0 saturated carbocycles. The lowest BCUT2D eigenvalue weighted by molar-refractivity contribution is 0.0480. The van der Waals surface area contributed by atoms with E-state index in [0.717, 1.165) is 5.56 Å². The van der Waals surface area contributed by atoms with Crippen molar-refractivity contribution in [3.63, 3.8) is 0 Å². The molecule has 0 atom stereocenters. The van der Waals surface area contributed by atoms with Crippen molar-refractivity contribution in [2.24, 2.45) is 0 Å². The normalized spacial score (nSPS) is 11.2. The predicted octanol–water partition coefficient (Wildman–Crippen LogP) is 2.17. The van der Waals surface area contributed by atoms with Crippen molar-refractivity contribution in [1.29, 1.82) is 0 Å². The van der Waals surface area contributed by atoms with Gasteiger partial charge in [0.15, 0.2) is 0 Å². The average Bonchev–Trinajstić information content (AvgIpc) is 2.34. The molecule has 2 N–H and O–H groups in total. The Kier molecular flexibility index (Phi) is 5.95. The van der Waals surface area contributed by atoms with Crippen LogP contribution in [0.25, 0.3) is 0 Å². The van der Waals surface area contributed by atoms with E-state index in [1.807, 2.05) is 13.0 Å². The number of halogens is 1. The van der Waals surface area contributed by atoms with Crippen molar-refractivity contribution >= 4 is 6.03 Å². The number of likely N-dealkylation sites (N-methyl/N-ethyl adjacent to an activating group) is 1. The highest BCUT2D eigenvalue weighted by Gasteiger charge is 2.20. The van der Waals surface area contributed by atoms with Gasteiger partial charge in [-0.2, -0.15) is 0 Å². The first-order chi connectivity index (χ1) is 9.31. The van der Waals surface area contributed by atoms with Crippen molar-refractivity contribution < 1.29 is 14.3 Å². The summed E-state index contributed by atoms with van der Waals surface area (Å²) in [5, 5.41) is 12.5. The van der Waals surface area contributed by atoms with Crippen LogP contribution >= 0.6 is 0 Å². The van der Waals surface area contributed by atoms with Crippen LogP contribution in [0.1, 0.15) is 26.3 Å². The highest BCUT2D eigenvalue weighted by molar-refractivity contribution is 5.74. The summed E-state index contributed by atoms with van der Waals surface area (Å²) in [5.74, 6) is -0.272. The Labute approximate surface area is 119 Å². The van der Waals surface area contributed by atoms with Crippen LogP contribution in [0.4, 0.5) is 9.18 Å². The molecule has 1 aromatic rings. The van der Waals surface area contributed by atoms with Gasteiger partial charge in [0.2, 0.25) is 0 Å². The van der Waals surface area contributed by atoms with Gasteiger partial charge < -0.3 is 15.3 Å². The minimum absolute atomic E-state index is 0.217. The van der Waals surface area contributed by atoms with Gasteiger partial charge in [-0.25, -0.2) is 9.18 Å². The summed E-state index contributed by atoms with van der Waals surface area (Å²) in [6.45, 7) is 6.42. The van der Waals surface area contributed by atoms with Crippen LogP contribution in [-0.4, -0.2) is 41.3 Å². The molecule has 0 aliphatic carbocycles. The third kappa shape index (κ3) is 6.02. The fourth-order valence-electron chi connectivity index (χ4n) is 1.91. The minimum Gasteiger partial charge on any atom is -0.389 e. The zero-order chi connectivity index (χ0) is 15.2. The molecule has 112 valence electrons. The zero-order valence-corrected chi connectivity index (χ0v) is 12.3. The van der Waals surface area contributed by atoms with Gasteiger partial charge in [0.25, 0.3) is 0 Å². The highest BCUT2D eigenvalue weighted by Crippen LogP contribution is 2.06. The maximum absolute atomic E-state index is 13.0. The molecule has 0 aliphatic rings. The molecule has 1 rings (SSSR count). The van der Waals surface area contributed by atoms with E-state index in [0.29, 0.717) is 19.5 Å². The van der Waals surface area contributed by atoms with Gasteiger partial charge in [-0.3, -0.25) is 0 Å². The van der Waals surface area contributed by atoms with Gasteiger partial charge in [0.05, 0.1) is 12.1 Å². The first-order valence-corrected chi connectivity index (χ1v) is 6.81. The molecule has 0 heterocycles. The summed E-state index contributed by atoms with van der Waals surface area (Å²) in [6, 6.07) is 6.11. The quantitative estimate of drug-likeness (QED) is 0.840. The van der Waals surface area contributed by atoms with E-state index in [2.05, 4.69) is 5.32 Å². The average molecular weight is 282 g/mol. The lowest BCUT2D eigenvalue weighted by atomic mass is 10.1. The fourth-order valence-corrected chi connectivity index (χ4v) is 1.91. The first kappa shape index (κ1) is 16.4. The monoisotopic (exact) mass is 282 g/mol. The molecule has 0 unspecified atom stereocenters. The van der Waals surface area contributed by atoms with Gasteiger partial charge in [-0.1, -0.05) is 12.1 Å². The third-order valence-electron chi connectivity index (χ3n) is 2.83. The van der Waals surface area contributed by atoms with Crippen LogP contribution in [-0.2, 0) is 6.42 Å². The van der Waals surface area contributed by atoms with E-state index in [1.165, 1.54) is 12.1 Å². The minimum atomic E-state index is -0.921. The summed E-state index contributed by atoms with van der Waals surface area (Å²) in [6.07, 6.45) is 0.573. The van der Waals surface area contributed by atoms with Crippen molar-refractivity contribution in [3.05, 3.63) is 35.6 Å². The number of benzene rings is 1. The number of aliphatic hydroxyl groups is 1. The highest BCUT2D eigenvalue weighted by atomic mass is 19.1. The van der Waals surface area contributed by atoms with Gasteiger partial charge in [0.1, 0.15) is 5.82 Å². The standard InChI is InChI=1S/C15H23FN2O2/c1-4-18(11-15(2,3)20)14(19)17-9-8-12-6-5-7-13(16)10-12/h5-7,10,20H,4,8-9,11H2,1-3H3,(H,17,19). The van der Waals surface area contributed by atoms with Crippen LogP contribution in [0.3, 0.4) is 0 Å². The third-order valence-corrected chi connectivity index (χ3v) is 2.83. The molecule has 1 aromatic carbocycles. The first-order valence-electron chi connectivity index (χ1n) is 6.81. The number of urea groups is 1. The molecule has 0 spiro atoms. The molecule has 0 radical (unpaired) electrons. The number of nitrogens with one attached hydrogen (secondary N) is 1. The lowest BCUT2D eigenvalue weighted by Gasteiger charge is -2.28. The zero-order valence-electron chi connectivity index (χ0n) is 12.3. The topological polar surface area (TPSA) is 52.6 Å². The van der Waals surface area contributed by atoms with E-state index in [9.17, 15) is 14.3 Å². The summed E-state index contributed by atoms with van der Waals surface area (Å²) in [4.78, 5) is 13.5. The Morgan fingerprint density at radius 2 is 2.15 bits per heavy atom. The molecule has 0 fully saturated rings. The molecule has 5 heteroatoms. The number of hydrogen-bond donors (Lipinski definition) is 2. The second-order valence-electron chi connectivity index (χ2n) is 5.44. The number of carbonyl (C=O) groups excluding carboxylic acids is 1. The van der Waals surface area contributed by atoms with E-state index >= 15 is 0 Å². The molecule has 0 bridgehead atoms. The van der Waals surface area contributed by atoms with Gasteiger partial charge >= 0.3 is 6.03 Å². The van der Waals surface area contributed by atoms with Crippen LogP contribution in [0.15, 0.2) is 24.3 Å². The maximum Gasteiger partial charge on any atom is 0.317 e. The van der Waals surface area contributed by atoms with Crippen molar-refractivity contribution in [3.8, 4) is 0 Å². The Morgan fingerprint density at radius 3 is 2.70 bits per heavy atom. The smallest absolute Gasteiger partial charge is 0.317 e. The molecule has 20 heavy (non-hydrogen) atoms.